The number of halogens is 3. The first kappa shape index (κ1) is 15.5. The van der Waals surface area contributed by atoms with E-state index in [-0.39, 0.29) is 16.7 Å². The highest BCUT2D eigenvalue weighted by Gasteiger charge is 2.16. The molecule has 0 spiro atoms. The second-order valence-corrected chi connectivity index (χ2v) is 5.66. The molecule has 1 N–H and O–H groups in total. The summed E-state index contributed by atoms with van der Waals surface area (Å²) in [5.74, 6) is -1.63. The lowest BCUT2D eigenvalue weighted by Gasteiger charge is -1.99. The second kappa shape index (κ2) is 6.14. The van der Waals surface area contributed by atoms with E-state index in [0.29, 0.717) is 17.6 Å². The van der Waals surface area contributed by atoms with Crippen LogP contribution in [0.15, 0.2) is 43.0 Å². The number of nitrogens with zero attached hydrogens (tertiary/aromatic N) is 5. The van der Waals surface area contributed by atoms with Gasteiger partial charge in [0.05, 0.1) is 11.1 Å². The second-order valence-electron chi connectivity index (χ2n) is 5.32. The number of aromatic nitrogens is 6. The molecule has 0 radical (unpaired) electrons. The van der Waals surface area contributed by atoms with Crippen LogP contribution in [0.3, 0.4) is 0 Å². The Morgan fingerprint density at radius 1 is 1.12 bits per heavy atom. The first-order valence-corrected chi connectivity index (χ1v) is 7.64. The fourth-order valence-electron chi connectivity index (χ4n) is 2.42. The zero-order chi connectivity index (χ0) is 17.4. The summed E-state index contributed by atoms with van der Waals surface area (Å²) in [5, 5.41) is 4.42. The van der Waals surface area contributed by atoms with Crippen LogP contribution in [-0.4, -0.2) is 25.0 Å². The van der Waals surface area contributed by atoms with E-state index >= 15 is 0 Å². The zero-order valence-corrected chi connectivity index (χ0v) is 13.4. The van der Waals surface area contributed by atoms with E-state index in [4.69, 9.17) is 11.6 Å². The number of aromatic amines is 1. The summed E-state index contributed by atoms with van der Waals surface area (Å²) in [5.41, 5.74) is 2.07. The van der Waals surface area contributed by atoms with Gasteiger partial charge in [-0.05, 0) is 28.8 Å². The van der Waals surface area contributed by atoms with Gasteiger partial charge in [0.25, 0.3) is 0 Å². The summed E-state index contributed by atoms with van der Waals surface area (Å²) in [7, 11) is 0. The topological polar surface area (TPSA) is 71.2 Å². The molecule has 6 nitrogen and oxygen atoms in total. The summed E-state index contributed by atoms with van der Waals surface area (Å²) in [6.45, 7) is 0.426. The van der Waals surface area contributed by atoms with E-state index in [1.54, 1.807) is 29.5 Å². The first-order chi connectivity index (χ1) is 12.1. The molecule has 0 atom stereocenters. The Kier molecular flexibility index (Phi) is 3.81. The van der Waals surface area contributed by atoms with Gasteiger partial charge in [0.2, 0.25) is 18.0 Å². The number of fused-ring (bicyclic) bond motifs is 1. The van der Waals surface area contributed by atoms with Gasteiger partial charge in [-0.3, -0.25) is 0 Å². The number of hydrogen-bond acceptors (Lipinski definition) is 4. The van der Waals surface area contributed by atoms with Crippen LogP contribution in [0.5, 0.6) is 0 Å². The van der Waals surface area contributed by atoms with Gasteiger partial charge in [-0.15, -0.1) is 0 Å². The molecule has 0 unspecified atom stereocenters. The normalized spacial score (nSPS) is 11.2. The van der Waals surface area contributed by atoms with E-state index in [2.05, 4.69) is 25.0 Å². The van der Waals surface area contributed by atoms with E-state index in [9.17, 15) is 8.78 Å². The van der Waals surface area contributed by atoms with Gasteiger partial charge >= 0.3 is 0 Å². The average molecular weight is 360 g/mol. The van der Waals surface area contributed by atoms with Crippen LogP contribution in [-0.2, 0) is 6.54 Å². The van der Waals surface area contributed by atoms with Crippen molar-refractivity contribution < 1.29 is 13.5 Å². The fourth-order valence-corrected chi connectivity index (χ4v) is 2.51. The minimum absolute atomic E-state index is 0.0638. The minimum Gasteiger partial charge on any atom is -0.333 e. The highest BCUT2D eigenvalue weighted by Crippen LogP contribution is 2.23. The quantitative estimate of drug-likeness (QED) is 0.451. The molecule has 124 valence electrons. The van der Waals surface area contributed by atoms with E-state index in [0.717, 1.165) is 11.6 Å². The summed E-state index contributed by atoms with van der Waals surface area (Å²) in [6, 6.07) is 3.95. The smallest absolute Gasteiger partial charge is 0.222 e. The molecule has 0 aliphatic rings. The molecule has 0 fully saturated rings. The van der Waals surface area contributed by atoms with Crippen molar-refractivity contribution >= 4 is 22.6 Å². The molecule has 0 bridgehead atoms. The molecule has 9 heteroatoms. The number of benzene rings is 1. The van der Waals surface area contributed by atoms with Crippen molar-refractivity contribution in [1.29, 1.82) is 0 Å². The van der Waals surface area contributed by atoms with Crippen LogP contribution >= 0.6 is 11.6 Å². The Balaban J connectivity index is 1.69. The van der Waals surface area contributed by atoms with Crippen molar-refractivity contribution in [3.05, 3.63) is 65.5 Å². The molecule has 4 aromatic rings. The molecule has 0 saturated carbocycles. The molecular formula is C16H10ClF2N6+. The summed E-state index contributed by atoms with van der Waals surface area (Å²) in [4.78, 5) is 15.1. The maximum absolute atomic E-state index is 13.9. The highest BCUT2D eigenvalue weighted by molar-refractivity contribution is 6.28. The molecule has 0 aliphatic heterocycles. The standard InChI is InChI=1S/C16H9ClF2N6/c17-16-20-4-9(5-21-16)7-25-8-13-12(6-22-25)23-15(24-13)10-2-1-3-11(18)14(10)19/h1-6,8H,7H2/p+1. The van der Waals surface area contributed by atoms with Crippen LogP contribution in [0.4, 0.5) is 8.78 Å². The van der Waals surface area contributed by atoms with Gasteiger partial charge in [-0.1, -0.05) is 10.7 Å². The van der Waals surface area contributed by atoms with Gasteiger partial charge in [0, 0.05) is 12.4 Å². The van der Waals surface area contributed by atoms with Crippen molar-refractivity contribution in [3.8, 4) is 11.4 Å². The molecule has 0 saturated heterocycles. The summed E-state index contributed by atoms with van der Waals surface area (Å²) < 4.78 is 29.0. The number of hydrogen-bond donors (Lipinski definition) is 1. The Morgan fingerprint density at radius 3 is 2.72 bits per heavy atom. The Hall–Kier alpha value is -3.00. The van der Waals surface area contributed by atoms with Gasteiger partial charge in [-0.25, -0.2) is 23.7 Å². The lowest BCUT2D eigenvalue weighted by molar-refractivity contribution is -0.745. The van der Waals surface area contributed by atoms with Gasteiger partial charge in [0.1, 0.15) is 23.1 Å². The number of imidazole rings is 1. The fraction of sp³-hybridized carbons (Fsp3) is 0.0625. The van der Waals surface area contributed by atoms with Crippen LogP contribution in [0, 0.1) is 11.6 Å². The molecule has 1 aromatic carbocycles. The van der Waals surface area contributed by atoms with Crippen molar-refractivity contribution in [2.75, 3.05) is 0 Å². The molecule has 0 aliphatic carbocycles. The lowest BCUT2D eigenvalue weighted by Crippen LogP contribution is -2.37. The molecule has 4 rings (SSSR count). The SMILES string of the molecule is Fc1cccc(-c2nc3cn[n+](Cc4cnc(Cl)nc4)cc3[nH]2)c1F. The molecule has 3 aromatic heterocycles. The third kappa shape index (κ3) is 3.03. The third-order valence-corrected chi connectivity index (χ3v) is 3.79. The number of rotatable bonds is 3. The predicted octanol–water partition coefficient (Wildman–Crippen LogP) is 2.68. The highest BCUT2D eigenvalue weighted by atomic mass is 35.5. The molecular weight excluding hydrogens is 350 g/mol. The van der Waals surface area contributed by atoms with Gasteiger partial charge in [-0.2, -0.15) is 0 Å². The first-order valence-electron chi connectivity index (χ1n) is 7.26. The van der Waals surface area contributed by atoms with Crippen molar-refractivity contribution in [1.82, 2.24) is 25.0 Å². The van der Waals surface area contributed by atoms with Crippen molar-refractivity contribution in [2.45, 2.75) is 6.54 Å². The van der Waals surface area contributed by atoms with E-state index < -0.39 is 11.6 Å². The average Bonchev–Trinajstić information content (AvgIpc) is 3.02. The van der Waals surface area contributed by atoms with Crippen LogP contribution in [0.25, 0.3) is 22.4 Å². The lowest BCUT2D eigenvalue weighted by atomic mass is 10.2. The van der Waals surface area contributed by atoms with Gasteiger partial charge < -0.3 is 4.98 Å². The van der Waals surface area contributed by atoms with Gasteiger partial charge in [0.15, 0.2) is 11.6 Å². The maximum atomic E-state index is 13.9. The minimum atomic E-state index is -0.944. The predicted molar refractivity (Wildman–Crippen MR) is 85.6 cm³/mol. The van der Waals surface area contributed by atoms with Crippen LogP contribution in [0.1, 0.15) is 5.56 Å². The molecule has 25 heavy (non-hydrogen) atoms. The number of nitrogens with one attached hydrogen (secondary N) is 1. The van der Waals surface area contributed by atoms with Crippen molar-refractivity contribution in [3.63, 3.8) is 0 Å². The van der Waals surface area contributed by atoms with Crippen molar-refractivity contribution in [2.24, 2.45) is 0 Å². The Morgan fingerprint density at radius 2 is 1.92 bits per heavy atom. The zero-order valence-electron chi connectivity index (χ0n) is 12.6. The van der Waals surface area contributed by atoms with E-state index in [1.807, 2.05) is 0 Å². The largest absolute Gasteiger partial charge is 0.333 e. The summed E-state index contributed by atoms with van der Waals surface area (Å²) >= 11 is 5.66. The third-order valence-electron chi connectivity index (χ3n) is 3.59. The Bertz CT molecular complexity index is 1060. The molecule has 0 amide bonds. The van der Waals surface area contributed by atoms with Crippen LogP contribution < -0.4 is 4.68 Å². The molecule has 3 heterocycles. The maximum Gasteiger partial charge on any atom is 0.222 e. The van der Waals surface area contributed by atoms with E-state index in [1.165, 1.54) is 12.1 Å². The number of H-pyrrole nitrogens is 1. The monoisotopic (exact) mass is 359 g/mol. The van der Waals surface area contributed by atoms with Crippen LogP contribution in [0.2, 0.25) is 5.28 Å². The Labute approximate surface area is 145 Å². The summed E-state index contributed by atoms with van der Waals surface area (Å²) in [6.07, 6.45) is 6.48.